The van der Waals surface area contributed by atoms with Gasteiger partial charge in [0.15, 0.2) is 0 Å². The van der Waals surface area contributed by atoms with Gasteiger partial charge in [0.25, 0.3) is 0 Å². The summed E-state index contributed by atoms with van der Waals surface area (Å²) >= 11 is 0. The Hall–Kier alpha value is -1.95. The van der Waals surface area contributed by atoms with Crippen molar-refractivity contribution in [2.75, 3.05) is 98.2 Å². The Balaban J connectivity index is 1.67. The van der Waals surface area contributed by atoms with Gasteiger partial charge in [-0.1, -0.05) is 96.1 Å². The minimum atomic E-state index is -0.130. The number of nitrogen functional groups attached to an aromatic ring is 1. The molecule has 1 aromatic rings. The van der Waals surface area contributed by atoms with Gasteiger partial charge in [0.1, 0.15) is 19.0 Å². The van der Waals surface area contributed by atoms with E-state index in [9.17, 15) is 4.79 Å². The fraction of sp³-hybridized carbons (Fsp3) is 0.806. The topological polar surface area (TPSA) is 117 Å². The van der Waals surface area contributed by atoms with Crippen molar-refractivity contribution in [3.8, 4) is 5.75 Å². The first-order valence-electron chi connectivity index (χ1n) is 17.8. The Morgan fingerprint density at radius 2 is 0.870 bits per heavy atom. The number of unbranched alkanes of at least 4 members (excludes halogenated alkanes) is 12. The van der Waals surface area contributed by atoms with E-state index in [2.05, 4.69) is 6.92 Å². The van der Waals surface area contributed by atoms with Gasteiger partial charge in [-0.05, 0) is 18.6 Å². The van der Waals surface area contributed by atoms with Gasteiger partial charge in [-0.2, -0.15) is 0 Å². The van der Waals surface area contributed by atoms with Gasteiger partial charge >= 0.3 is 5.97 Å². The zero-order chi connectivity index (χ0) is 33.0. The van der Waals surface area contributed by atoms with Gasteiger partial charge in [0.2, 0.25) is 0 Å². The van der Waals surface area contributed by atoms with E-state index in [1.54, 1.807) is 6.07 Å². The molecule has 0 amide bonds. The van der Waals surface area contributed by atoms with Gasteiger partial charge in [0.05, 0.1) is 85.0 Å². The van der Waals surface area contributed by atoms with Crippen molar-refractivity contribution in [3.63, 3.8) is 0 Å². The van der Waals surface area contributed by atoms with Crippen molar-refractivity contribution >= 4 is 11.7 Å². The van der Waals surface area contributed by atoms with Gasteiger partial charge in [-0.3, -0.25) is 4.79 Å². The molecule has 0 bridgehead atoms. The van der Waals surface area contributed by atoms with Crippen molar-refractivity contribution < 1.29 is 42.7 Å². The molecule has 0 saturated heterocycles. The molecule has 10 heteroatoms. The lowest BCUT2D eigenvalue weighted by Gasteiger charge is -2.09. The molecule has 0 aliphatic heterocycles. The zero-order valence-corrected chi connectivity index (χ0v) is 28.9. The highest BCUT2D eigenvalue weighted by Crippen LogP contribution is 2.19. The summed E-state index contributed by atoms with van der Waals surface area (Å²) in [7, 11) is 0. The molecular formula is C36H65NO9. The Morgan fingerprint density at radius 1 is 0.500 bits per heavy atom. The number of nitrogens with two attached hydrogens (primary N) is 1. The van der Waals surface area contributed by atoms with Crippen LogP contribution < -0.4 is 10.5 Å². The van der Waals surface area contributed by atoms with Crippen LogP contribution in [-0.2, 0) is 38.0 Å². The molecule has 0 aliphatic rings. The molecule has 0 heterocycles. The first kappa shape index (κ1) is 42.1. The first-order valence-corrected chi connectivity index (χ1v) is 17.8. The molecule has 0 aromatic heterocycles. The maximum absolute atomic E-state index is 11.8. The summed E-state index contributed by atoms with van der Waals surface area (Å²) in [4.78, 5) is 11.8. The quantitative estimate of drug-likeness (QED) is 0.0472. The average molecular weight is 656 g/mol. The summed E-state index contributed by atoms with van der Waals surface area (Å²) in [5.41, 5.74) is 6.44. The molecule has 0 saturated carbocycles. The second-order valence-electron chi connectivity index (χ2n) is 11.3. The molecule has 0 spiro atoms. The molecule has 10 nitrogen and oxygen atoms in total. The minimum Gasteiger partial charge on any atom is -0.489 e. The van der Waals surface area contributed by atoms with Crippen molar-refractivity contribution in [2.45, 2.75) is 96.8 Å². The number of benzene rings is 1. The van der Waals surface area contributed by atoms with Crippen LogP contribution in [0.5, 0.6) is 5.75 Å². The van der Waals surface area contributed by atoms with Crippen molar-refractivity contribution in [3.05, 3.63) is 24.3 Å². The molecule has 1 rings (SSSR count). The smallest absolute Gasteiger partial charge is 0.305 e. The number of carbonyl (C=O) groups is 1. The van der Waals surface area contributed by atoms with Gasteiger partial charge in [-0.25, -0.2) is 0 Å². The van der Waals surface area contributed by atoms with Crippen LogP contribution in [-0.4, -0.2) is 98.5 Å². The highest BCUT2D eigenvalue weighted by atomic mass is 16.6. The minimum absolute atomic E-state index is 0.130. The second kappa shape index (κ2) is 34.4. The van der Waals surface area contributed by atoms with E-state index < -0.39 is 0 Å². The SMILES string of the molecule is CCCCCCCCCCCCCCCC(=O)OCCOCCOCCOCCOCCOCCOCCOc1ccccc1N. The summed E-state index contributed by atoms with van der Waals surface area (Å²) < 4.78 is 43.7. The Morgan fingerprint density at radius 3 is 1.30 bits per heavy atom. The van der Waals surface area contributed by atoms with Crippen LogP contribution in [0.15, 0.2) is 24.3 Å². The maximum atomic E-state index is 11.8. The lowest BCUT2D eigenvalue weighted by atomic mass is 10.0. The van der Waals surface area contributed by atoms with E-state index in [-0.39, 0.29) is 5.97 Å². The van der Waals surface area contributed by atoms with Crippen LogP contribution >= 0.6 is 0 Å². The highest BCUT2D eigenvalue weighted by molar-refractivity contribution is 5.69. The summed E-state index contributed by atoms with van der Waals surface area (Å²) in [6, 6.07) is 7.39. The van der Waals surface area contributed by atoms with Crippen molar-refractivity contribution in [1.29, 1.82) is 0 Å². The molecule has 0 radical (unpaired) electrons. The maximum Gasteiger partial charge on any atom is 0.305 e. The normalized spacial score (nSPS) is 11.2. The van der Waals surface area contributed by atoms with E-state index in [0.717, 1.165) is 12.8 Å². The predicted molar refractivity (Wildman–Crippen MR) is 183 cm³/mol. The third-order valence-electron chi connectivity index (χ3n) is 7.24. The van der Waals surface area contributed by atoms with Gasteiger partial charge < -0.3 is 43.6 Å². The molecule has 46 heavy (non-hydrogen) atoms. The van der Waals surface area contributed by atoms with Crippen LogP contribution in [0.1, 0.15) is 96.8 Å². The first-order chi connectivity index (χ1) is 22.7. The standard InChI is InChI=1S/C36H65NO9/c1-2-3-4-5-6-7-8-9-10-11-12-13-14-19-36(38)46-33-31-44-29-27-42-25-23-40-21-20-39-22-24-41-26-28-43-30-32-45-35-18-16-15-17-34(35)37/h15-18H,2-14,19-33,37H2,1H3. The van der Waals surface area contributed by atoms with Crippen molar-refractivity contribution in [1.82, 2.24) is 0 Å². The zero-order valence-electron chi connectivity index (χ0n) is 28.9. The Bertz CT molecular complexity index is 784. The fourth-order valence-electron chi connectivity index (χ4n) is 4.60. The largest absolute Gasteiger partial charge is 0.489 e. The molecule has 0 fully saturated rings. The van der Waals surface area contributed by atoms with Crippen LogP contribution in [0.2, 0.25) is 0 Å². The number of esters is 1. The molecule has 0 unspecified atom stereocenters. The molecule has 1 aromatic carbocycles. The lowest BCUT2D eigenvalue weighted by Crippen LogP contribution is -2.15. The summed E-state index contributed by atoms with van der Waals surface area (Å²) in [6.45, 7) is 8.77. The highest BCUT2D eigenvalue weighted by Gasteiger charge is 2.03. The van der Waals surface area contributed by atoms with Crippen LogP contribution in [0.3, 0.4) is 0 Å². The molecule has 0 aliphatic carbocycles. The van der Waals surface area contributed by atoms with E-state index >= 15 is 0 Å². The van der Waals surface area contributed by atoms with Crippen molar-refractivity contribution in [2.24, 2.45) is 0 Å². The number of ether oxygens (including phenoxy) is 8. The van der Waals surface area contributed by atoms with Crippen LogP contribution in [0.25, 0.3) is 0 Å². The molecule has 268 valence electrons. The second-order valence-corrected chi connectivity index (χ2v) is 11.3. The van der Waals surface area contributed by atoms with E-state index in [4.69, 9.17) is 43.6 Å². The molecule has 2 N–H and O–H groups in total. The third-order valence-corrected chi connectivity index (χ3v) is 7.24. The number of hydrogen-bond acceptors (Lipinski definition) is 10. The average Bonchev–Trinajstić information content (AvgIpc) is 3.06. The lowest BCUT2D eigenvalue weighted by molar-refractivity contribution is -0.145. The number of carbonyl (C=O) groups excluding carboxylic acids is 1. The summed E-state index contributed by atoms with van der Waals surface area (Å²) in [5, 5.41) is 0. The molecule has 0 atom stereocenters. The number of anilines is 1. The third kappa shape index (κ3) is 29.5. The van der Waals surface area contributed by atoms with E-state index in [1.807, 2.05) is 18.2 Å². The van der Waals surface area contributed by atoms with E-state index in [0.29, 0.717) is 110 Å². The monoisotopic (exact) mass is 655 g/mol. The number of hydrogen-bond donors (Lipinski definition) is 1. The summed E-state index contributed by atoms with van der Waals surface area (Å²) in [5.74, 6) is 0.540. The Labute approximate surface area is 279 Å². The molecular weight excluding hydrogens is 590 g/mol. The number of rotatable bonds is 36. The van der Waals surface area contributed by atoms with E-state index in [1.165, 1.54) is 70.6 Å². The predicted octanol–water partition coefficient (Wildman–Crippen LogP) is 6.77. The van der Waals surface area contributed by atoms with Gasteiger partial charge in [-0.15, -0.1) is 0 Å². The van der Waals surface area contributed by atoms with Crippen LogP contribution in [0, 0.1) is 0 Å². The van der Waals surface area contributed by atoms with Crippen LogP contribution in [0.4, 0.5) is 5.69 Å². The van der Waals surface area contributed by atoms with Gasteiger partial charge in [0, 0.05) is 6.42 Å². The number of para-hydroxylation sites is 2. The fourth-order valence-corrected chi connectivity index (χ4v) is 4.60. The summed E-state index contributed by atoms with van der Waals surface area (Å²) in [6.07, 6.45) is 17.4. The Kier molecular flexibility index (Phi) is 31.5.